The van der Waals surface area contributed by atoms with Gasteiger partial charge in [-0.3, -0.25) is 14.5 Å². The third kappa shape index (κ3) is 6.54. The molecule has 2 aromatic rings. The van der Waals surface area contributed by atoms with Crippen molar-refractivity contribution in [2.24, 2.45) is 0 Å². The van der Waals surface area contributed by atoms with E-state index in [4.69, 9.17) is 51.8 Å². The summed E-state index contributed by atoms with van der Waals surface area (Å²) >= 11 is 24.5. The summed E-state index contributed by atoms with van der Waals surface area (Å²) in [7, 11) is -3.16. The van der Waals surface area contributed by atoms with Gasteiger partial charge in [-0.25, -0.2) is 8.42 Å². The van der Waals surface area contributed by atoms with Gasteiger partial charge >= 0.3 is 0 Å². The van der Waals surface area contributed by atoms with Crippen molar-refractivity contribution >= 4 is 90.8 Å². The summed E-state index contributed by atoms with van der Waals surface area (Å²) < 4.78 is 27.8. The van der Waals surface area contributed by atoms with Gasteiger partial charge in [0, 0.05) is 5.56 Å². The predicted octanol–water partition coefficient (Wildman–Crippen LogP) is 4.58. The van der Waals surface area contributed by atoms with Gasteiger partial charge in [0.25, 0.3) is 11.8 Å². The summed E-state index contributed by atoms with van der Waals surface area (Å²) in [5.74, 6) is -0.492. The molecule has 2 aliphatic heterocycles. The fourth-order valence-electron chi connectivity index (χ4n) is 3.67. The van der Waals surface area contributed by atoms with Gasteiger partial charge in [-0.05, 0) is 42.3 Å². The van der Waals surface area contributed by atoms with E-state index in [0.29, 0.717) is 32.5 Å². The number of nitrogens with one attached hydrogen (secondary N) is 1. The number of alkyl halides is 3. The van der Waals surface area contributed by atoms with E-state index in [0.717, 1.165) is 11.8 Å². The van der Waals surface area contributed by atoms with E-state index in [2.05, 4.69) is 5.32 Å². The lowest BCUT2D eigenvalue weighted by Gasteiger charge is -2.26. The van der Waals surface area contributed by atoms with Gasteiger partial charge in [0.15, 0.2) is 9.84 Å². The van der Waals surface area contributed by atoms with E-state index in [-0.39, 0.29) is 17.4 Å². The Labute approximate surface area is 233 Å². The van der Waals surface area contributed by atoms with Crippen molar-refractivity contribution in [1.82, 2.24) is 10.2 Å². The van der Waals surface area contributed by atoms with Crippen LogP contribution in [0.2, 0.25) is 0 Å². The van der Waals surface area contributed by atoms with E-state index < -0.39 is 31.8 Å². The zero-order valence-corrected chi connectivity index (χ0v) is 23.1. The molecular weight excluding hydrogens is 587 g/mol. The lowest BCUT2D eigenvalue weighted by molar-refractivity contribution is -0.123. The summed E-state index contributed by atoms with van der Waals surface area (Å²) in [5.41, 5.74) is 1.06. The minimum Gasteiger partial charge on any atom is -0.466 e. The van der Waals surface area contributed by atoms with Gasteiger partial charge in [0.2, 0.25) is 10.0 Å². The number of carbonyl (C=O) groups excluding carboxylic acids is 2. The minimum absolute atomic E-state index is 0.0518. The van der Waals surface area contributed by atoms with Crippen molar-refractivity contribution in [3.63, 3.8) is 0 Å². The van der Waals surface area contributed by atoms with Crippen LogP contribution in [0.5, 0.6) is 5.75 Å². The number of benzene rings is 2. The van der Waals surface area contributed by atoms with E-state index in [1.54, 1.807) is 60.7 Å². The molecule has 0 spiro atoms. The summed E-state index contributed by atoms with van der Waals surface area (Å²) in [6, 6.07) is 14.6. The highest BCUT2D eigenvalue weighted by Gasteiger charge is 2.42. The summed E-state index contributed by atoms with van der Waals surface area (Å²) in [4.78, 5) is 27.2. The first kappa shape index (κ1) is 27.2. The Balaban J connectivity index is 1.45. The lowest BCUT2D eigenvalue weighted by Crippen LogP contribution is -2.47. The fraction of sp³-hybridized carbons (Fsp3) is 0.261. The number of amides is 2. The second-order valence-corrected chi connectivity index (χ2v) is 14.3. The maximum absolute atomic E-state index is 12.9. The maximum atomic E-state index is 12.9. The lowest BCUT2D eigenvalue weighted by atomic mass is 10.2. The van der Waals surface area contributed by atoms with Gasteiger partial charge < -0.3 is 10.1 Å². The molecule has 2 fully saturated rings. The highest BCUT2D eigenvalue weighted by Crippen LogP contribution is 2.37. The molecule has 0 radical (unpaired) electrons. The second kappa shape index (κ2) is 10.9. The van der Waals surface area contributed by atoms with Crippen LogP contribution in [0.15, 0.2) is 59.5 Å². The first-order valence-electron chi connectivity index (χ1n) is 10.6. The number of ether oxygens (including phenoxy) is 1. The second-order valence-electron chi connectivity index (χ2n) is 8.06. The minimum atomic E-state index is -3.16. The highest BCUT2D eigenvalue weighted by atomic mass is 35.6. The van der Waals surface area contributed by atoms with Crippen LogP contribution in [0.1, 0.15) is 22.3 Å². The number of hydrogen-bond donors (Lipinski definition) is 1. The Morgan fingerprint density at radius 1 is 1.17 bits per heavy atom. The van der Waals surface area contributed by atoms with Gasteiger partial charge in [0.1, 0.15) is 10.1 Å². The average molecular weight is 606 g/mol. The van der Waals surface area contributed by atoms with Gasteiger partial charge in [-0.2, -0.15) is 0 Å². The van der Waals surface area contributed by atoms with Crippen molar-refractivity contribution in [3.05, 3.63) is 70.6 Å². The van der Waals surface area contributed by atoms with Crippen LogP contribution in [0.4, 0.5) is 0 Å². The Kier molecular flexibility index (Phi) is 8.23. The van der Waals surface area contributed by atoms with Crippen molar-refractivity contribution in [2.45, 2.75) is 22.5 Å². The molecule has 1 N–H and O–H groups in total. The SMILES string of the molecule is O=C(N[C@@H](Oc1ccc(/C=C2\SC(=S)N([C@@H]3CCS(=O)(=O)C3)C2=O)cc1)C(Cl)(Cl)Cl)c1ccccc1. The standard InChI is InChI=1S/C23H19Cl3N2O5S3/c24-23(25,26)21(27-19(29)15-4-2-1-3-5-15)33-17-8-6-14(7-9-17)12-18-20(30)28(22(34)35-18)16-10-11-36(31,32)13-16/h1-9,12,16,21H,10-11,13H2,(H,27,29)/b18-12-/t16-,21+/m1/s1. The fourth-order valence-corrected chi connectivity index (χ4v) is 7.07. The normalized spacial score (nSPS) is 21.6. The molecule has 2 amide bonds. The number of halogens is 3. The highest BCUT2D eigenvalue weighted by molar-refractivity contribution is 8.26. The molecule has 36 heavy (non-hydrogen) atoms. The molecule has 2 atom stereocenters. The topological polar surface area (TPSA) is 92.8 Å². The maximum Gasteiger partial charge on any atom is 0.266 e. The molecule has 190 valence electrons. The third-order valence-corrected chi connectivity index (χ3v) is 9.10. The van der Waals surface area contributed by atoms with Gasteiger partial charge in [-0.15, -0.1) is 0 Å². The van der Waals surface area contributed by atoms with Crippen LogP contribution in [-0.2, 0) is 14.6 Å². The van der Waals surface area contributed by atoms with Crippen molar-refractivity contribution in [1.29, 1.82) is 0 Å². The molecule has 13 heteroatoms. The number of rotatable bonds is 6. The quantitative estimate of drug-likeness (QED) is 0.223. The molecule has 2 aromatic carbocycles. The number of hydrogen-bond acceptors (Lipinski definition) is 7. The van der Waals surface area contributed by atoms with Gasteiger partial charge in [-0.1, -0.05) is 89.1 Å². The molecule has 0 aromatic heterocycles. The van der Waals surface area contributed by atoms with Crippen LogP contribution in [-0.4, -0.2) is 57.0 Å². The average Bonchev–Trinajstić information content (AvgIpc) is 3.31. The third-order valence-electron chi connectivity index (χ3n) is 5.42. The predicted molar refractivity (Wildman–Crippen MR) is 147 cm³/mol. The molecule has 2 aliphatic rings. The van der Waals surface area contributed by atoms with Gasteiger partial charge in [0.05, 0.1) is 22.5 Å². The van der Waals surface area contributed by atoms with E-state index in [9.17, 15) is 18.0 Å². The smallest absolute Gasteiger partial charge is 0.266 e. The number of nitrogens with zero attached hydrogens (tertiary/aromatic N) is 1. The van der Waals surface area contributed by atoms with Crippen LogP contribution < -0.4 is 10.1 Å². The Morgan fingerprint density at radius 3 is 2.42 bits per heavy atom. The van der Waals surface area contributed by atoms with Crippen LogP contribution >= 0.6 is 58.8 Å². The molecule has 4 rings (SSSR count). The molecule has 2 saturated heterocycles. The van der Waals surface area contributed by atoms with E-state index >= 15 is 0 Å². The van der Waals surface area contributed by atoms with E-state index in [1.807, 2.05) is 0 Å². The van der Waals surface area contributed by atoms with Crippen molar-refractivity contribution in [2.75, 3.05) is 11.5 Å². The number of sulfone groups is 1. The molecule has 0 unspecified atom stereocenters. The molecule has 0 saturated carbocycles. The first-order valence-corrected chi connectivity index (χ1v) is 14.8. The van der Waals surface area contributed by atoms with Crippen molar-refractivity contribution < 1.29 is 22.7 Å². The van der Waals surface area contributed by atoms with E-state index in [1.165, 1.54) is 4.90 Å². The Hall–Kier alpha value is -1.82. The molecular formula is C23H19Cl3N2O5S3. The number of thioether (sulfide) groups is 1. The largest absolute Gasteiger partial charge is 0.466 e. The Morgan fingerprint density at radius 2 is 1.83 bits per heavy atom. The summed E-state index contributed by atoms with van der Waals surface area (Å²) in [6.07, 6.45) is 0.759. The zero-order chi connectivity index (χ0) is 26.1. The monoisotopic (exact) mass is 604 g/mol. The van der Waals surface area contributed by atoms with Crippen molar-refractivity contribution in [3.8, 4) is 5.75 Å². The zero-order valence-electron chi connectivity index (χ0n) is 18.4. The Bertz CT molecular complexity index is 1310. The summed E-state index contributed by atoms with van der Waals surface area (Å²) in [5, 5.41) is 2.56. The van der Waals surface area contributed by atoms with Crippen LogP contribution in [0, 0.1) is 0 Å². The molecule has 0 aliphatic carbocycles. The molecule has 7 nitrogen and oxygen atoms in total. The molecule has 0 bridgehead atoms. The molecule has 2 heterocycles. The first-order chi connectivity index (χ1) is 16.9. The van der Waals surface area contributed by atoms with Crippen LogP contribution in [0.25, 0.3) is 6.08 Å². The number of carbonyl (C=O) groups is 2. The summed E-state index contributed by atoms with van der Waals surface area (Å²) in [6.45, 7) is 0. The number of thiocarbonyl (C=S) groups is 1. The van der Waals surface area contributed by atoms with Crippen LogP contribution in [0.3, 0.4) is 0 Å².